The van der Waals surface area contributed by atoms with Crippen molar-refractivity contribution < 1.29 is 4.79 Å². The Bertz CT molecular complexity index is 1040. The number of rotatable bonds is 5. The van der Waals surface area contributed by atoms with Crippen molar-refractivity contribution in [3.8, 4) is 0 Å². The van der Waals surface area contributed by atoms with Crippen molar-refractivity contribution in [3.63, 3.8) is 0 Å². The summed E-state index contributed by atoms with van der Waals surface area (Å²) in [6.07, 6.45) is 4.60. The SMILES string of the molecule is CC(C)N(Cc1ccccc1)C(=O)Cn1cnc2sc3c(c2c1=O)CCC3. The molecule has 0 saturated carbocycles. The Labute approximate surface area is 162 Å². The van der Waals surface area contributed by atoms with Gasteiger partial charge in [0.1, 0.15) is 11.4 Å². The van der Waals surface area contributed by atoms with Gasteiger partial charge in [0.15, 0.2) is 0 Å². The number of carbonyl (C=O) groups is 1. The molecule has 4 rings (SSSR count). The molecule has 0 unspecified atom stereocenters. The van der Waals surface area contributed by atoms with Crippen molar-refractivity contribution in [3.05, 3.63) is 63.0 Å². The molecule has 6 heteroatoms. The normalized spacial score (nSPS) is 13.3. The van der Waals surface area contributed by atoms with Crippen molar-refractivity contribution in [2.75, 3.05) is 0 Å². The van der Waals surface area contributed by atoms with Gasteiger partial charge in [0, 0.05) is 17.5 Å². The smallest absolute Gasteiger partial charge is 0.262 e. The van der Waals surface area contributed by atoms with Crippen molar-refractivity contribution in [1.29, 1.82) is 0 Å². The number of nitrogens with zero attached hydrogens (tertiary/aromatic N) is 3. The minimum absolute atomic E-state index is 0.0252. The number of aromatic nitrogens is 2. The summed E-state index contributed by atoms with van der Waals surface area (Å²) in [6.45, 7) is 4.56. The van der Waals surface area contributed by atoms with Gasteiger partial charge in [-0.1, -0.05) is 30.3 Å². The molecule has 140 valence electrons. The third-order valence-corrected chi connectivity index (χ3v) is 6.34. The van der Waals surface area contributed by atoms with Gasteiger partial charge < -0.3 is 4.90 Å². The summed E-state index contributed by atoms with van der Waals surface area (Å²) >= 11 is 1.62. The molecule has 0 bridgehead atoms. The van der Waals surface area contributed by atoms with Crippen LogP contribution in [0.15, 0.2) is 41.5 Å². The molecule has 1 amide bonds. The first-order chi connectivity index (χ1) is 13.0. The number of amides is 1. The lowest BCUT2D eigenvalue weighted by Gasteiger charge is -2.27. The maximum atomic E-state index is 13.0. The highest BCUT2D eigenvalue weighted by molar-refractivity contribution is 7.18. The topological polar surface area (TPSA) is 55.2 Å². The van der Waals surface area contributed by atoms with E-state index in [9.17, 15) is 9.59 Å². The molecule has 3 aromatic rings. The van der Waals surface area contributed by atoms with Gasteiger partial charge in [-0.3, -0.25) is 14.2 Å². The Morgan fingerprint density at radius 1 is 1.26 bits per heavy atom. The fourth-order valence-electron chi connectivity index (χ4n) is 3.71. The largest absolute Gasteiger partial charge is 0.334 e. The first-order valence-electron chi connectivity index (χ1n) is 9.37. The van der Waals surface area contributed by atoms with Gasteiger partial charge in [-0.2, -0.15) is 0 Å². The van der Waals surface area contributed by atoms with E-state index in [1.54, 1.807) is 11.3 Å². The molecule has 1 aromatic carbocycles. The molecule has 27 heavy (non-hydrogen) atoms. The molecule has 0 aliphatic heterocycles. The number of benzene rings is 1. The van der Waals surface area contributed by atoms with E-state index in [1.165, 1.54) is 15.8 Å². The quantitative estimate of drug-likeness (QED) is 0.681. The van der Waals surface area contributed by atoms with E-state index in [0.29, 0.717) is 6.54 Å². The summed E-state index contributed by atoms with van der Waals surface area (Å²) in [6, 6.07) is 9.98. The van der Waals surface area contributed by atoms with Crippen LogP contribution < -0.4 is 5.56 Å². The summed E-state index contributed by atoms with van der Waals surface area (Å²) < 4.78 is 1.47. The van der Waals surface area contributed by atoms with Crippen molar-refractivity contribution in [2.45, 2.75) is 52.2 Å². The van der Waals surface area contributed by atoms with Crippen LogP contribution in [0.2, 0.25) is 0 Å². The second kappa shape index (κ2) is 7.27. The summed E-state index contributed by atoms with van der Waals surface area (Å²) in [4.78, 5) is 34.3. The fourth-order valence-corrected chi connectivity index (χ4v) is 4.93. The minimum Gasteiger partial charge on any atom is -0.334 e. The van der Waals surface area contributed by atoms with Crippen molar-refractivity contribution in [1.82, 2.24) is 14.5 Å². The first kappa shape index (κ1) is 17.9. The number of aryl methyl sites for hydroxylation is 2. The van der Waals surface area contributed by atoms with Crippen LogP contribution in [0.5, 0.6) is 0 Å². The molecule has 0 fully saturated rings. The molecule has 2 heterocycles. The molecular weight excluding hydrogens is 358 g/mol. The molecule has 0 atom stereocenters. The Hall–Kier alpha value is -2.47. The average Bonchev–Trinajstić information content (AvgIpc) is 3.23. The molecule has 0 radical (unpaired) electrons. The molecule has 2 aromatic heterocycles. The molecule has 0 spiro atoms. The van der Waals surface area contributed by atoms with Crippen LogP contribution in [0.4, 0.5) is 0 Å². The zero-order chi connectivity index (χ0) is 19.0. The lowest BCUT2D eigenvalue weighted by atomic mass is 10.2. The van der Waals surface area contributed by atoms with E-state index in [-0.39, 0.29) is 24.1 Å². The lowest BCUT2D eigenvalue weighted by Crippen LogP contribution is -2.40. The Kier molecular flexibility index (Phi) is 4.83. The predicted octanol–water partition coefficient (Wildman–Crippen LogP) is 3.38. The average molecular weight is 382 g/mol. The highest BCUT2D eigenvalue weighted by Gasteiger charge is 2.23. The zero-order valence-corrected chi connectivity index (χ0v) is 16.5. The molecule has 0 saturated heterocycles. The van der Waals surface area contributed by atoms with Gasteiger partial charge in [-0.25, -0.2) is 4.98 Å². The number of hydrogen-bond acceptors (Lipinski definition) is 4. The third-order valence-electron chi connectivity index (χ3n) is 5.14. The number of fused-ring (bicyclic) bond motifs is 3. The zero-order valence-electron chi connectivity index (χ0n) is 15.6. The maximum absolute atomic E-state index is 13.0. The van der Waals surface area contributed by atoms with Gasteiger partial charge in [0.25, 0.3) is 5.56 Å². The first-order valence-corrected chi connectivity index (χ1v) is 10.2. The van der Waals surface area contributed by atoms with Crippen LogP contribution in [0, 0.1) is 0 Å². The summed E-state index contributed by atoms with van der Waals surface area (Å²) in [7, 11) is 0. The van der Waals surface area contributed by atoms with Crippen LogP contribution >= 0.6 is 11.3 Å². The van der Waals surface area contributed by atoms with Gasteiger partial charge in [-0.15, -0.1) is 11.3 Å². The van der Waals surface area contributed by atoms with Gasteiger partial charge >= 0.3 is 0 Å². The molecule has 1 aliphatic carbocycles. The highest BCUT2D eigenvalue weighted by atomic mass is 32.1. The van der Waals surface area contributed by atoms with Gasteiger partial charge in [-0.05, 0) is 44.2 Å². The third kappa shape index (κ3) is 3.41. The summed E-state index contributed by atoms with van der Waals surface area (Å²) in [5.74, 6) is -0.0658. The fraction of sp³-hybridized carbons (Fsp3) is 0.381. The van der Waals surface area contributed by atoms with Crippen molar-refractivity contribution in [2.24, 2.45) is 0 Å². The van der Waals surface area contributed by atoms with Gasteiger partial charge in [0.05, 0.1) is 11.7 Å². The molecule has 0 N–H and O–H groups in total. The second-order valence-electron chi connectivity index (χ2n) is 7.32. The monoisotopic (exact) mass is 381 g/mol. The van der Waals surface area contributed by atoms with E-state index in [2.05, 4.69) is 4.98 Å². The van der Waals surface area contributed by atoms with E-state index in [1.807, 2.05) is 49.1 Å². The van der Waals surface area contributed by atoms with Crippen LogP contribution in [-0.4, -0.2) is 26.4 Å². The molecular formula is C21H23N3O2S. The Morgan fingerprint density at radius 3 is 2.78 bits per heavy atom. The summed E-state index contributed by atoms with van der Waals surface area (Å²) in [5, 5.41) is 0.724. The van der Waals surface area contributed by atoms with Gasteiger partial charge in [0.2, 0.25) is 5.91 Å². The predicted molar refractivity (Wildman–Crippen MR) is 108 cm³/mol. The van der Waals surface area contributed by atoms with Crippen LogP contribution in [-0.2, 0) is 30.7 Å². The highest BCUT2D eigenvalue weighted by Crippen LogP contribution is 2.34. The Balaban J connectivity index is 1.61. The van der Waals surface area contributed by atoms with E-state index >= 15 is 0 Å². The standard InChI is InChI=1S/C21H23N3O2S/c1-14(2)24(11-15-7-4-3-5-8-15)18(25)12-23-13-22-20-19(21(23)26)16-9-6-10-17(16)27-20/h3-5,7-8,13-14H,6,9-12H2,1-2H3. The number of hydrogen-bond donors (Lipinski definition) is 0. The summed E-state index contributed by atoms with van der Waals surface area (Å²) in [5.41, 5.74) is 2.14. The number of thiophene rings is 1. The second-order valence-corrected chi connectivity index (χ2v) is 8.40. The van der Waals surface area contributed by atoms with Crippen LogP contribution in [0.25, 0.3) is 10.2 Å². The minimum atomic E-state index is -0.0869. The van der Waals surface area contributed by atoms with Crippen LogP contribution in [0.3, 0.4) is 0 Å². The maximum Gasteiger partial charge on any atom is 0.262 e. The molecule has 5 nitrogen and oxygen atoms in total. The van der Waals surface area contributed by atoms with E-state index < -0.39 is 0 Å². The lowest BCUT2D eigenvalue weighted by molar-refractivity contribution is -0.134. The van der Waals surface area contributed by atoms with E-state index in [4.69, 9.17) is 0 Å². The number of carbonyl (C=O) groups excluding carboxylic acids is 1. The molecule has 1 aliphatic rings. The Morgan fingerprint density at radius 2 is 2.04 bits per heavy atom. The van der Waals surface area contributed by atoms with Crippen molar-refractivity contribution >= 4 is 27.5 Å². The van der Waals surface area contributed by atoms with Crippen LogP contribution in [0.1, 0.15) is 36.3 Å². The van der Waals surface area contributed by atoms with E-state index in [0.717, 1.165) is 40.6 Å².